The van der Waals surface area contributed by atoms with Crippen LogP contribution in [-0.4, -0.2) is 16.1 Å². The summed E-state index contributed by atoms with van der Waals surface area (Å²) in [5, 5.41) is 3.38. The Kier molecular flexibility index (Phi) is 5.10. The summed E-state index contributed by atoms with van der Waals surface area (Å²) in [5.41, 5.74) is 1.07. The van der Waals surface area contributed by atoms with E-state index in [1.165, 1.54) is 6.07 Å². The molecule has 1 N–H and O–H groups in total. The molecule has 0 bridgehead atoms. The van der Waals surface area contributed by atoms with Crippen LogP contribution in [0.4, 0.5) is 4.39 Å². The third-order valence-electron chi connectivity index (χ3n) is 2.89. The first-order valence-corrected chi connectivity index (χ1v) is 7.05. The molecule has 1 unspecified atom stereocenters. The van der Waals surface area contributed by atoms with E-state index >= 15 is 0 Å². The molecule has 0 spiro atoms. The van der Waals surface area contributed by atoms with Crippen LogP contribution < -0.4 is 5.32 Å². The lowest BCUT2D eigenvalue weighted by atomic mass is 10.1. The maximum atomic E-state index is 13.1. The normalized spacial score (nSPS) is 12.6. The van der Waals surface area contributed by atoms with E-state index in [0.717, 1.165) is 25.2 Å². The van der Waals surface area contributed by atoms with E-state index in [-0.39, 0.29) is 5.82 Å². The van der Waals surface area contributed by atoms with Gasteiger partial charge in [-0.05, 0) is 46.1 Å². The third-order valence-corrected chi connectivity index (χ3v) is 3.50. The highest BCUT2D eigenvalue weighted by Crippen LogP contribution is 2.16. The first-order chi connectivity index (χ1) is 9.15. The van der Waals surface area contributed by atoms with Crippen molar-refractivity contribution < 1.29 is 4.39 Å². The number of hydrogen-bond donors (Lipinski definition) is 1. The van der Waals surface area contributed by atoms with Crippen molar-refractivity contribution in [2.24, 2.45) is 5.92 Å². The second-order valence-electron chi connectivity index (χ2n) is 4.74. The van der Waals surface area contributed by atoms with Gasteiger partial charge in [-0.3, -0.25) is 0 Å². The molecule has 0 aliphatic carbocycles. The summed E-state index contributed by atoms with van der Waals surface area (Å²) in [6.45, 7) is 4.79. The average molecular weight is 326 g/mol. The smallest absolute Gasteiger partial charge is 0.137 e. The number of halogens is 2. The van der Waals surface area contributed by atoms with Crippen LogP contribution in [0.15, 0.2) is 41.4 Å². The Balaban J connectivity index is 1.75. The van der Waals surface area contributed by atoms with Gasteiger partial charge in [0.2, 0.25) is 0 Å². The van der Waals surface area contributed by atoms with Gasteiger partial charge in [0.25, 0.3) is 0 Å². The molecule has 1 heterocycles. The van der Waals surface area contributed by atoms with Crippen molar-refractivity contribution in [1.29, 1.82) is 0 Å². The molecule has 1 aromatic heterocycles. The van der Waals surface area contributed by atoms with Crippen molar-refractivity contribution in [3.63, 3.8) is 0 Å². The second kappa shape index (κ2) is 6.82. The van der Waals surface area contributed by atoms with Crippen molar-refractivity contribution >= 4 is 15.9 Å². The lowest BCUT2D eigenvalue weighted by Gasteiger charge is -2.13. The lowest BCUT2D eigenvalue weighted by molar-refractivity contribution is 0.445. The number of hydrogen-bond acceptors (Lipinski definition) is 2. The van der Waals surface area contributed by atoms with E-state index in [9.17, 15) is 4.39 Å². The van der Waals surface area contributed by atoms with Gasteiger partial charge in [0.15, 0.2) is 0 Å². The summed E-state index contributed by atoms with van der Waals surface area (Å²) in [7, 11) is 0. The van der Waals surface area contributed by atoms with Crippen LogP contribution in [0.3, 0.4) is 0 Å². The van der Waals surface area contributed by atoms with E-state index in [4.69, 9.17) is 0 Å². The summed E-state index contributed by atoms with van der Waals surface area (Å²) < 4.78 is 15.7. The SMILES string of the molecule is CC(CNCc1ccc(F)c(Br)c1)Cn1ccnc1. The summed E-state index contributed by atoms with van der Waals surface area (Å²) in [5.74, 6) is 0.287. The van der Waals surface area contributed by atoms with Crippen LogP contribution in [0.5, 0.6) is 0 Å². The van der Waals surface area contributed by atoms with Crippen molar-refractivity contribution in [2.45, 2.75) is 20.0 Å². The van der Waals surface area contributed by atoms with Gasteiger partial charge in [-0.15, -0.1) is 0 Å². The molecule has 2 rings (SSSR count). The fourth-order valence-corrected chi connectivity index (χ4v) is 2.36. The number of imidazole rings is 1. The van der Waals surface area contributed by atoms with Crippen molar-refractivity contribution in [2.75, 3.05) is 6.54 Å². The van der Waals surface area contributed by atoms with E-state index < -0.39 is 0 Å². The topological polar surface area (TPSA) is 29.9 Å². The Morgan fingerprint density at radius 3 is 3.00 bits per heavy atom. The van der Waals surface area contributed by atoms with Gasteiger partial charge in [-0.1, -0.05) is 13.0 Å². The molecule has 1 aromatic carbocycles. The molecule has 102 valence electrons. The Bertz CT molecular complexity index is 513. The van der Waals surface area contributed by atoms with Crippen LogP contribution in [0, 0.1) is 11.7 Å². The first kappa shape index (κ1) is 14.2. The zero-order chi connectivity index (χ0) is 13.7. The molecule has 3 nitrogen and oxygen atoms in total. The Labute approximate surface area is 121 Å². The molecular weight excluding hydrogens is 309 g/mol. The van der Waals surface area contributed by atoms with Gasteiger partial charge >= 0.3 is 0 Å². The van der Waals surface area contributed by atoms with E-state index in [1.807, 2.05) is 18.6 Å². The number of nitrogens with zero attached hydrogens (tertiary/aromatic N) is 2. The molecule has 0 aliphatic heterocycles. The maximum absolute atomic E-state index is 13.1. The van der Waals surface area contributed by atoms with Gasteiger partial charge in [0.1, 0.15) is 5.82 Å². The van der Waals surface area contributed by atoms with Crippen LogP contribution in [0.25, 0.3) is 0 Å². The number of rotatable bonds is 6. The van der Waals surface area contributed by atoms with Crippen LogP contribution >= 0.6 is 15.9 Å². The number of aromatic nitrogens is 2. The molecule has 0 radical (unpaired) electrons. The molecule has 0 saturated heterocycles. The molecule has 1 atom stereocenters. The van der Waals surface area contributed by atoms with Crippen molar-refractivity contribution in [3.8, 4) is 0 Å². The summed E-state index contributed by atoms with van der Waals surface area (Å²) in [4.78, 5) is 4.02. The molecule has 5 heteroatoms. The summed E-state index contributed by atoms with van der Waals surface area (Å²) in [6, 6.07) is 5.09. The van der Waals surface area contributed by atoms with Crippen LogP contribution in [-0.2, 0) is 13.1 Å². The molecule has 0 aliphatic rings. The Morgan fingerprint density at radius 1 is 1.47 bits per heavy atom. The predicted octanol–water partition coefficient (Wildman–Crippen LogP) is 3.21. The fourth-order valence-electron chi connectivity index (χ4n) is 1.93. The highest BCUT2D eigenvalue weighted by Gasteiger charge is 2.04. The highest BCUT2D eigenvalue weighted by atomic mass is 79.9. The zero-order valence-corrected chi connectivity index (χ0v) is 12.4. The molecule has 19 heavy (non-hydrogen) atoms. The standard InChI is InChI=1S/C14H17BrFN3/c1-11(9-19-5-4-17-10-19)7-18-8-12-2-3-14(16)13(15)6-12/h2-6,10-11,18H,7-9H2,1H3. The largest absolute Gasteiger partial charge is 0.337 e. The average Bonchev–Trinajstić information content (AvgIpc) is 2.86. The quantitative estimate of drug-likeness (QED) is 0.883. The first-order valence-electron chi connectivity index (χ1n) is 6.25. The summed E-state index contributed by atoms with van der Waals surface area (Å²) in [6.07, 6.45) is 5.58. The zero-order valence-electron chi connectivity index (χ0n) is 10.8. The fraction of sp³-hybridized carbons (Fsp3) is 0.357. The second-order valence-corrected chi connectivity index (χ2v) is 5.60. The minimum absolute atomic E-state index is 0.225. The third kappa shape index (κ3) is 4.44. The van der Waals surface area contributed by atoms with Crippen LogP contribution in [0.2, 0.25) is 0 Å². The molecule has 0 fully saturated rings. The maximum Gasteiger partial charge on any atom is 0.137 e. The van der Waals surface area contributed by atoms with Crippen molar-refractivity contribution in [1.82, 2.24) is 14.9 Å². The number of nitrogens with one attached hydrogen (secondary N) is 1. The lowest BCUT2D eigenvalue weighted by Crippen LogP contribution is -2.23. The van der Waals surface area contributed by atoms with Gasteiger partial charge in [-0.2, -0.15) is 0 Å². The van der Waals surface area contributed by atoms with E-state index in [0.29, 0.717) is 10.4 Å². The van der Waals surface area contributed by atoms with E-state index in [1.54, 1.807) is 12.3 Å². The monoisotopic (exact) mass is 325 g/mol. The molecule has 0 amide bonds. The van der Waals surface area contributed by atoms with Crippen molar-refractivity contribution in [3.05, 3.63) is 52.8 Å². The van der Waals surface area contributed by atoms with Gasteiger partial charge in [-0.25, -0.2) is 9.37 Å². The highest BCUT2D eigenvalue weighted by molar-refractivity contribution is 9.10. The Morgan fingerprint density at radius 2 is 2.32 bits per heavy atom. The molecule has 0 saturated carbocycles. The number of benzene rings is 1. The van der Waals surface area contributed by atoms with E-state index in [2.05, 4.69) is 37.7 Å². The molecule has 2 aromatic rings. The van der Waals surface area contributed by atoms with Gasteiger partial charge in [0.05, 0.1) is 10.8 Å². The predicted molar refractivity (Wildman–Crippen MR) is 77.2 cm³/mol. The van der Waals surface area contributed by atoms with Gasteiger partial charge in [0, 0.05) is 25.5 Å². The molecular formula is C14H17BrFN3. The minimum Gasteiger partial charge on any atom is -0.337 e. The van der Waals surface area contributed by atoms with Gasteiger partial charge < -0.3 is 9.88 Å². The minimum atomic E-state index is -0.225. The Hall–Kier alpha value is -1.20. The van der Waals surface area contributed by atoms with Crippen LogP contribution in [0.1, 0.15) is 12.5 Å². The summed E-state index contributed by atoms with van der Waals surface area (Å²) >= 11 is 3.19.